The maximum Gasteiger partial charge on any atom is 0.407 e. The van der Waals surface area contributed by atoms with E-state index in [0.717, 1.165) is 5.56 Å². The molecule has 1 fully saturated rings. The minimum Gasteiger partial charge on any atom is -0.444 e. The van der Waals surface area contributed by atoms with Crippen LogP contribution in [0.15, 0.2) is 12.3 Å². The van der Waals surface area contributed by atoms with Gasteiger partial charge in [0, 0.05) is 24.8 Å². The van der Waals surface area contributed by atoms with Gasteiger partial charge in [0.1, 0.15) is 11.7 Å². The smallest absolute Gasteiger partial charge is 0.407 e. The Morgan fingerprint density at radius 1 is 1.44 bits per heavy atom. The Kier molecular flexibility index (Phi) is 6.31. The molecule has 0 saturated heterocycles. The number of halogens is 1. The number of nitrogens with one attached hydrogen (secondary N) is 1. The van der Waals surface area contributed by atoms with Crippen LogP contribution in [0.25, 0.3) is 0 Å². The van der Waals surface area contributed by atoms with Gasteiger partial charge in [-0.05, 0) is 46.6 Å². The lowest BCUT2D eigenvalue weighted by molar-refractivity contribution is 0.0346. The molecular formula is C19H25ClN2O3. The highest BCUT2D eigenvalue weighted by Gasteiger charge is 2.26. The van der Waals surface area contributed by atoms with E-state index in [1.807, 2.05) is 27.7 Å². The average Bonchev–Trinajstić information content (AvgIpc) is 3.30. The van der Waals surface area contributed by atoms with Gasteiger partial charge in [0.15, 0.2) is 0 Å². The Morgan fingerprint density at radius 3 is 2.64 bits per heavy atom. The summed E-state index contributed by atoms with van der Waals surface area (Å²) in [5.74, 6) is 6.79. The highest BCUT2D eigenvalue weighted by Crippen LogP contribution is 2.29. The van der Waals surface area contributed by atoms with E-state index in [2.05, 4.69) is 22.1 Å². The van der Waals surface area contributed by atoms with E-state index in [4.69, 9.17) is 21.1 Å². The fourth-order valence-electron chi connectivity index (χ4n) is 2.26. The van der Waals surface area contributed by atoms with E-state index < -0.39 is 17.8 Å². The number of amides is 1. The zero-order chi connectivity index (χ0) is 18.6. The first kappa shape index (κ1) is 19.6. The fourth-order valence-corrected chi connectivity index (χ4v) is 2.53. The molecule has 1 aliphatic rings. The first-order chi connectivity index (χ1) is 11.7. The molecule has 1 aliphatic carbocycles. The Bertz CT molecular complexity index is 684. The van der Waals surface area contributed by atoms with Crippen LogP contribution in [0, 0.1) is 17.8 Å². The van der Waals surface area contributed by atoms with Crippen molar-refractivity contribution in [2.45, 2.75) is 58.3 Å². The van der Waals surface area contributed by atoms with Gasteiger partial charge in [-0.25, -0.2) is 4.79 Å². The topological polar surface area (TPSA) is 60.5 Å². The minimum absolute atomic E-state index is 0.367. The van der Waals surface area contributed by atoms with Crippen molar-refractivity contribution in [3.8, 4) is 11.8 Å². The highest BCUT2D eigenvalue weighted by atomic mass is 35.5. The second kappa shape index (κ2) is 8.07. The third kappa shape index (κ3) is 6.22. The number of nitrogens with zero attached hydrogens (tertiary/aromatic N) is 1. The predicted octanol–water partition coefficient (Wildman–Crippen LogP) is 4.10. The molecule has 2 unspecified atom stereocenters. The Balaban J connectivity index is 2.08. The molecule has 1 N–H and O–H groups in total. The minimum atomic E-state index is -0.565. The number of carbonyl (C=O) groups is 1. The van der Waals surface area contributed by atoms with Crippen LogP contribution in [-0.4, -0.2) is 29.8 Å². The maximum atomic E-state index is 12.0. The standard InChI is InChI=1S/C19H25ClN2O3/c1-12(22-18(23)25-19(2,3)4)17(24-5)16-15(20)10-14(11-21-16)9-8-13-6-7-13/h10-13,17H,6-7H2,1-5H3,(H,22,23). The number of methoxy groups -OCH3 is 1. The van der Waals surface area contributed by atoms with E-state index >= 15 is 0 Å². The Morgan fingerprint density at radius 2 is 2.12 bits per heavy atom. The molecule has 1 saturated carbocycles. The summed E-state index contributed by atoms with van der Waals surface area (Å²) in [6, 6.07) is 1.42. The molecule has 0 radical (unpaired) electrons. The number of aromatic nitrogens is 1. The van der Waals surface area contributed by atoms with Crippen molar-refractivity contribution in [3.05, 3.63) is 28.5 Å². The molecule has 1 amide bonds. The SMILES string of the molecule is COC(c1ncc(C#CC2CC2)cc1Cl)C(C)NC(=O)OC(C)(C)C. The maximum absolute atomic E-state index is 12.0. The third-order valence-electron chi connectivity index (χ3n) is 3.59. The lowest BCUT2D eigenvalue weighted by atomic mass is 10.1. The largest absolute Gasteiger partial charge is 0.444 e. The predicted molar refractivity (Wildman–Crippen MR) is 97.4 cm³/mol. The second-order valence-electron chi connectivity index (χ2n) is 7.23. The van der Waals surface area contributed by atoms with Crippen molar-refractivity contribution in [1.82, 2.24) is 10.3 Å². The molecule has 1 aromatic heterocycles. The molecule has 6 heteroatoms. The number of ether oxygens (including phenoxy) is 2. The quantitative estimate of drug-likeness (QED) is 0.817. The zero-order valence-electron chi connectivity index (χ0n) is 15.4. The normalized spacial score (nSPS) is 16.4. The molecular weight excluding hydrogens is 340 g/mol. The van der Waals surface area contributed by atoms with Gasteiger partial charge in [-0.15, -0.1) is 0 Å². The van der Waals surface area contributed by atoms with E-state index in [1.165, 1.54) is 12.8 Å². The van der Waals surface area contributed by atoms with Gasteiger partial charge < -0.3 is 14.8 Å². The molecule has 1 heterocycles. The van der Waals surface area contributed by atoms with Crippen molar-refractivity contribution in [1.29, 1.82) is 0 Å². The molecule has 5 nitrogen and oxygen atoms in total. The van der Waals surface area contributed by atoms with E-state index in [0.29, 0.717) is 16.6 Å². The summed E-state index contributed by atoms with van der Waals surface area (Å²) in [7, 11) is 1.55. The number of pyridine rings is 1. The van der Waals surface area contributed by atoms with E-state index in [1.54, 1.807) is 19.4 Å². The molecule has 0 bridgehead atoms. The molecule has 0 aromatic carbocycles. The van der Waals surface area contributed by atoms with Crippen LogP contribution in [0.5, 0.6) is 0 Å². The van der Waals surface area contributed by atoms with E-state index in [9.17, 15) is 4.79 Å². The summed E-state index contributed by atoms with van der Waals surface area (Å²) in [5, 5.41) is 3.23. The summed E-state index contributed by atoms with van der Waals surface area (Å²) >= 11 is 6.37. The number of rotatable bonds is 4. The van der Waals surface area contributed by atoms with Crippen LogP contribution in [0.4, 0.5) is 4.79 Å². The molecule has 2 atom stereocenters. The third-order valence-corrected chi connectivity index (χ3v) is 3.89. The molecule has 0 aliphatic heterocycles. The van der Waals surface area contributed by atoms with Gasteiger partial charge >= 0.3 is 6.09 Å². The fraction of sp³-hybridized carbons (Fsp3) is 0.579. The van der Waals surface area contributed by atoms with Crippen molar-refractivity contribution >= 4 is 17.7 Å². The molecule has 1 aromatic rings. The summed E-state index contributed by atoms with van der Waals surface area (Å²) in [5.41, 5.74) is 0.775. The lowest BCUT2D eigenvalue weighted by Gasteiger charge is -2.26. The van der Waals surface area contributed by atoms with Gasteiger partial charge in [0.2, 0.25) is 0 Å². The van der Waals surface area contributed by atoms with Crippen LogP contribution in [0.2, 0.25) is 5.02 Å². The highest BCUT2D eigenvalue weighted by molar-refractivity contribution is 6.31. The van der Waals surface area contributed by atoms with Gasteiger partial charge in [0.25, 0.3) is 0 Å². The summed E-state index contributed by atoms with van der Waals surface area (Å²) in [6.45, 7) is 7.25. The van der Waals surface area contributed by atoms with Crippen LogP contribution < -0.4 is 5.32 Å². The second-order valence-corrected chi connectivity index (χ2v) is 7.63. The number of alkyl carbamates (subject to hydrolysis) is 1. The Hall–Kier alpha value is -1.77. The van der Waals surface area contributed by atoms with E-state index in [-0.39, 0.29) is 6.04 Å². The van der Waals surface area contributed by atoms with Crippen molar-refractivity contribution in [3.63, 3.8) is 0 Å². The van der Waals surface area contributed by atoms with Crippen molar-refractivity contribution in [2.75, 3.05) is 7.11 Å². The average molecular weight is 365 g/mol. The summed E-state index contributed by atoms with van der Waals surface area (Å²) in [4.78, 5) is 16.4. The molecule has 25 heavy (non-hydrogen) atoms. The lowest BCUT2D eigenvalue weighted by Crippen LogP contribution is -2.41. The molecule has 136 valence electrons. The van der Waals surface area contributed by atoms with Crippen LogP contribution >= 0.6 is 11.6 Å². The van der Waals surface area contributed by atoms with Gasteiger partial charge in [0.05, 0.1) is 16.8 Å². The molecule has 2 rings (SSSR count). The summed E-state index contributed by atoms with van der Waals surface area (Å²) < 4.78 is 10.8. The first-order valence-corrected chi connectivity index (χ1v) is 8.76. The summed E-state index contributed by atoms with van der Waals surface area (Å²) in [6.07, 6.45) is 3.02. The van der Waals surface area contributed by atoms with Crippen LogP contribution in [0.1, 0.15) is 57.9 Å². The monoisotopic (exact) mass is 364 g/mol. The molecule has 0 spiro atoms. The van der Waals surface area contributed by atoms with Gasteiger partial charge in [-0.2, -0.15) is 0 Å². The first-order valence-electron chi connectivity index (χ1n) is 8.39. The number of hydrogen-bond acceptors (Lipinski definition) is 4. The van der Waals surface area contributed by atoms with Gasteiger partial charge in [-0.3, -0.25) is 4.98 Å². The van der Waals surface area contributed by atoms with Crippen LogP contribution in [0.3, 0.4) is 0 Å². The van der Waals surface area contributed by atoms with Crippen LogP contribution in [-0.2, 0) is 9.47 Å². The van der Waals surface area contributed by atoms with Crippen molar-refractivity contribution in [2.24, 2.45) is 5.92 Å². The number of carbonyl (C=O) groups excluding carboxylic acids is 1. The zero-order valence-corrected chi connectivity index (χ0v) is 16.1. The Labute approximate surface area is 154 Å². The number of hydrogen-bond donors (Lipinski definition) is 1. The van der Waals surface area contributed by atoms with Crippen molar-refractivity contribution < 1.29 is 14.3 Å². The van der Waals surface area contributed by atoms with Gasteiger partial charge in [-0.1, -0.05) is 23.4 Å².